The van der Waals surface area contributed by atoms with Crippen LogP contribution in [0.5, 0.6) is 5.75 Å². The highest BCUT2D eigenvalue weighted by molar-refractivity contribution is 5.60. The lowest BCUT2D eigenvalue weighted by molar-refractivity contribution is -0.137. The Balaban J connectivity index is 2.35. The minimum atomic E-state index is -4.34. The van der Waals surface area contributed by atoms with Crippen LogP contribution >= 0.6 is 0 Å². The Labute approximate surface area is 103 Å². The number of methoxy groups -OCH3 is 1. The van der Waals surface area contributed by atoms with Gasteiger partial charge in [0.15, 0.2) is 0 Å². The van der Waals surface area contributed by atoms with E-state index in [0.29, 0.717) is 37.7 Å². The number of benzene rings is 1. The van der Waals surface area contributed by atoms with Gasteiger partial charge in [-0.25, -0.2) is 0 Å². The number of hydrogen-bond acceptors (Lipinski definition) is 3. The van der Waals surface area contributed by atoms with Crippen LogP contribution in [0.25, 0.3) is 0 Å². The number of morpholine rings is 1. The van der Waals surface area contributed by atoms with Crippen molar-refractivity contribution in [2.24, 2.45) is 0 Å². The van der Waals surface area contributed by atoms with Crippen LogP contribution in [0.3, 0.4) is 0 Å². The van der Waals surface area contributed by atoms with Crippen LogP contribution in [-0.4, -0.2) is 33.4 Å². The van der Waals surface area contributed by atoms with E-state index in [4.69, 9.17) is 9.47 Å². The number of hydrogen-bond donors (Lipinski definition) is 0. The maximum atomic E-state index is 12.7. The molecule has 6 heteroatoms. The summed E-state index contributed by atoms with van der Waals surface area (Å²) in [6, 6.07) is 3.51. The largest absolute Gasteiger partial charge is 0.495 e. The fourth-order valence-electron chi connectivity index (χ4n) is 1.92. The highest BCUT2D eigenvalue weighted by Crippen LogP contribution is 2.36. The first-order chi connectivity index (χ1) is 8.52. The molecule has 0 aromatic heterocycles. The number of alkyl halides is 3. The Hall–Kier alpha value is -1.43. The molecule has 0 N–H and O–H groups in total. The standard InChI is InChI=1S/C12H14F3NO2/c1-17-11-3-2-9(12(13,14)15)8-10(11)16-4-6-18-7-5-16/h2-3,8H,4-7H2,1H3. The van der Waals surface area contributed by atoms with Gasteiger partial charge >= 0.3 is 6.18 Å². The molecule has 1 fully saturated rings. The van der Waals surface area contributed by atoms with Gasteiger partial charge < -0.3 is 14.4 Å². The molecule has 18 heavy (non-hydrogen) atoms. The van der Waals surface area contributed by atoms with Gasteiger partial charge in [-0.2, -0.15) is 13.2 Å². The smallest absolute Gasteiger partial charge is 0.416 e. The summed E-state index contributed by atoms with van der Waals surface area (Å²) >= 11 is 0. The van der Waals surface area contributed by atoms with Gasteiger partial charge in [-0.3, -0.25) is 0 Å². The average Bonchev–Trinajstić information content (AvgIpc) is 2.38. The highest BCUT2D eigenvalue weighted by atomic mass is 19.4. The van der Waals surface area contributed by atoms with Gasteiger partial charge in [-0.1, -0.05) is 0 Å². The Morgan fingerprint density at radius 2 is 1.89 bits per heavy atom. The topological polar surface area (TPSA) is 21.7 Å². The van der Waals surface area contributed by atoms with Gasteiger partial charge in [-0.15, -0.1) is 0 Å². The maximum absolute atomic E-state index is 12.7. The molecule has 1 aliphatic heterocycles. The molecule has 1 saturated heterocycles. The Morgan fingerprint density at radius 3 is 2.44 bits per heavy atom. The van der Waals surface area contributed by atoms with Crippen molar-refractivity contribution < 1.29 is 22.6 Å². The molecule has 0 spiro atoms. The summed E-state index contributed by atoms with van der Waals surface area (Å²) in [5.74, 6) is 0.449. The summed E-state index contributed by atoms with van der Waals surface area (Å²) in [7, 11) is 1.45. The Bertz CT molecular complexity index is 414. The van der Waals surface area contributed by atoms with Gasteiger partial charge in [0.2, 0.25) is 0 Å². The van der Waals surface area contributed by atoms with Crippen LogP contribution in [0.1, 0.15) is 5.56 Å². The third-order valence-electron chi connectivity index (χ3n) is 2.86. The second-order valence-electron chi connectivity index (χ2n) is 3.98. The number of nitrogens with zero attached hydrogens (tertiary/aromatic N) is 1. The molecule has 1 aromatic carbocycles. The quantitative estimate of drug-likeness (QED) is 0.816. The SMILES string of the molecule is COc1ccc(C(F)(F)F)cc1N1CCOCC1. The van der Waals surface area contributed by atoms with Crippen molar-refractivity contribution in [1.29, 1.82) is 0 Å². The van der Waals surface area contributed by atoms with Crippen LogP contribution in [0.15, 0.2) is 18.2 Å². The Kier molecular flexibility index (Phi) is 3.65. The lowest BCUT2D eigenvalue weighted by atomic mass is 10.1. The predicted molar refractivity (Wildman–Crippen MR) is 61.0 cm³/mol. The van der Waals surface area contributed by atoms with Gasteiger partial charge in [-0.05, 0) is 18.2 Å². The van der Waals surface area contributed by atoms with Crippen LogP contribution in [0.2, 0.25) is 0 Å². The van der Waals surface area contributed by atoms with E-state index in [-0.39, 0.29) is 0 Å². The van der Waals surface area contributed by atoms with Crippen LogP contribution < -0.4 is 9.64 Å². The van der Waals surface area contributed by atoms with Crippen LogP contribution in [0.4, 0.5) is 18.9 Å². The van der Waals surface area contributed by atoms with Crippen molar-refractivity contribution in [2.45, 2.75) is 6.18 Å². The minimum absolute atomic E-state index is 0.449. The lowest BCUT2D eigenvalue weighted by Gasteiger charge is -2.30. The van der Waals surface area contributed by atoms with Crippen molar-refractivity contribution in [2.75, 3.05) is 38.3 Å². The average molecular weight is 261 g/mol. The number of anilines is 1. The molecule has 0 atom stereocenters. The molecule has 0 amide bonds. The van der Waals surface area contributed by atoms with E-state index in [1.54, 1.807) is 0 Å². The molecule has 0 radical (unpaired) electrons. The van der Waals surface area contributed by atoms with E-state index in [0.717, 1.165) is 12.1 Å². The second-order valence-corrected chi connectivity index (χ2v) is 3.98. The summed E-state index contributed by atoms with van der Waals surface area (Å²) < 4.78 is 48.4. The minimum Gasteiger partial charge on any atom is -0.495 e. The molecule has 100 valence electrons. The third kappa shape index (κ3) is 2.69. The molecule has 0 unspecified atom stereocenters. The monoisotopic (exact) mass is 261 g/mol. The molecule has 2 rings (SSSR count). The Morgan fingerprint density at radius 1 is 1.22 bits per heavy atom. The molecule has 1 aliphatic rings. The molecule has 0 bridgehead atoms. The van der Waals surface area contributed by atoms with E-state index < -0.39 is 11.7 Å². The maximum Gasteiger partial charge on any atom is 0.416 e. The summed E-state index contributed by atoms with van der Waals surface area (Å²) in [6.45, 7) is 2.16. The lowest BCUT2D eigenvalue weighted by Crippen LogP contribution is -2.36. The summed E-state index contributed by atoms with van der Waals surface area (Å²) in [5.41, 5.74) is -0.194. The zero-order chi connectivity index (χ0) is 13.2. The van der Waals surface area contributed by atoms with Gasteiger partial charge in [0.1, 0.15) is 5.75 Å². The van der Waals surface area contributed by atoms with Crippen molar-refractivity contribution in [1.82, 2.24) is 0 Å². The van der Waals surface area contributed by atoms with Gasteiger partial charge in [0.05, 0.1) is 31.6 Å². The normalized spacial score (nSPS) is 16.8. The zero-order valence-corrected chi connectivity index (χ0v) is 9.96. The summed E-state index contributed by atoms with van der Waals surface area (Å²) in [5, 5.41) is 0. The molecule has 1 heterocycles. The van der Waals surface area contributed by atoms with E-state index in [1.165, 1.54) is 13.2 Å². The second kappa shape index (κ2) is 5.06. The summed E-state index contributed by atoms with van der Waals surface area (Å²) in [6.07, 6.45) is -4.34. The first kappa shape index (κ1) is 13.0. The summed E-state index contributed by atoms with van der Waals surface area (Å²) in [4.78, 5) is 1.84. The van der Waals surface area contributed by atoms with Gasteiger partial charge in [0, 0.05) is 13.1 Å². The molecular weight excluding hydrogens is 247 g/mol. The van der Waals surface area contributed by atoms with E-state index in [9.17, 15) is 13.2 Å². The third-order valence-corrected chi connectivity index (χ3v) is 2.86. The molecule has 1 aromatic rings. The van der Waals surface area contributed by atoms with Crippen molar-refractivity contribution >= 4 is 5.69 Å². The predicted octanol–water partition coefficient (Wildman–Crippen LogP) is 2.55. The van der Waals surface area contributed by atoms with Crippen molar-refractivity contribution in [3.8, 4) is 5.75 Å². The van der Waals surface area contributed by atoms with Crippen LogP contribution in [-0.2, 0) is 10.9 Å². The fourth-order valence-corrected chi connectivity index (χ4v) is 1.92. The molecule has 3 nitrogen and oxygen atoms in total. The van der Waals surface area contributed by atoms with Crippen molar-refractivity contribution in [3.63, 3.8) is 0 Å². The molecule has 0 aliphatic carbocycles. The number of halogens is 3. The highest BCUT2D eigenvalue weighted by Gasteiger charge is 2.32. The van der Waals surface area contributed by atoms with E-state index >= 15 is 0 Å². The first-order valence-corrected chi connectivity index (χ1v) is 5.60. The van der Waals surface area contributed by atoms with E-state index in [1.807, 2.05) is 4.90 Å². The first-order valence-electron chi connectivity index (χ1n) is 5.60. The fraction of sp³-hybridized carbons (Fsp3) is 0.500. The zero-order valence-electron chi connectivity index (χ0n) is 9.96. The van der Waals surface area contributed by atoms with Crippen molar-refractivity contribution in [3.05, 3.63) is 23.8 Å². The van der Waals surface area contributed by atoms with E-state index in [2.05, 4.69) is 0 Å². The number of ether oxygens (including phenoxy) is 2. The molecular formula is C12H14F3NO2. The molecule has 0 saturated carbocycles. The number of rotatable bonds is 2. The van der Waals surface area contributed by atoms with Gasteiger partial charge in [0.25, 0.3) is 0 Å². The van der Waals surface area contributed by atoms with Crippen LogP contribution in [0, 0.1) is 0 Å².